The number of anilines is 1. The second kappa shape index (κ2) is 8.11. The van der Waals surface area contributed by atoms with Crippen molar-refractivity contribution in [2.24, 2.45) is 0 Å². The summed E-state index contributed by atoms with van der Waals surface area (Å²) in [6, 6.07) is 3.89. The van der Waals surface area contributed by atoms with Crippen molar-refractivity contribution < 1.29 is 19.4 Å². The van der Waals surface area contributed by atoms with Gasteiger partial charge in [0.2, 0.25) is 0 Å². The van der Waals surface area contributed by atoms with Crippen molar-refractivity contribution in [3.8, 4) is 5.75 Å². The molecule has 0 bridgehead atoms. The first-order chi connectivity index (χ1) is 9.93. The molecule has 0 aliphatic rings. The van der Waals surface area contributed by atoms with Gasteiger partial charge >= 0.3 is 12.0 Å². The van der Waals surface area contributed by atoms with Gasteiger partial charge in [0.05, 0.1) is 18.4 Å². The van der Waals surface area contributed by atoms with Crippen molar-refractivity contribution >= 4 is 17.7 Å². The van der Waals surface area contributed by atoms with Crippen molar-refractivity contribution in [2.75, 3.05) is 39.6 Å². The van der Waals surface area contributed by atoms with E-state index in [0.29, 0.717) is 18.0 Å². The molecule has 2 amide bonds. The topological polar surface area (TPSA) is 90.9 Å². The standard InChI is InChI=1S/C14H21N3O4/c1-17(2)8-4-7-15-14(20)16-11-9-10(13(18)19)5-6-12(11)21-3/h5-6,9H,4,7-8H2,1-3H3,(H,18,19)(H2,15,16,20). The van der Waals surface area contributed by atoms with Crippen LogP contribution in [0.15, 0.2) is 18.2 Å². The van der Waals surface area contributed by atoms with E-state index < -0.39 is 12.0 Å². The third kappa shape index (κ3) is 5.70. The average molecular weight is 295 g/mol. The van der Waals surface area contributed by atoms with Gasteiger partial charge in [0.25, 0.3) is 0 Å². The van der Waals surface area contributed by atoms with Crippen LogP contribution in [0.3, 0.4) is 0 Å². The smallest absolute Gasteiger partial charge is 0.335 e. The van der Waals surface area contributed by atoms with Crippen molar-refractivity contribution in [1.29, 1.82) is 0 Å². The number of aromatic carboxylic acids is 1. The molecule has 7 nitrogen and oxygen atoms in total. The molecule has 7 heteroatoms. The van der Waals surface area contributed by atoms with Crippen LogP contribution in [0.2, 0.25) is 0 Å². The third-order valence-electron chi connectivity index (χ3n) is 2.76. The number of nitrogens with one attached hydrogen (secondary N) is 2. The molecule has 1 aromatic rings. The first-order valence-corrected chi connectivity index (χ1v) is 6.55. The van der Waals surface area contributed by atoms with Gasteiger partial charge in [0.1, 0.15) is 5.75 Å². The molecular weight excluding hydrogens is 274 g/mol. The van der Waals surface area contributed by atoms with Crippen LogP contribution in [0.4, 0.5) is 10.5 Å². The largest absolute Gasteiger partial charge is 0.495 e. The summed E-state index contributed by atoms with van der Waals surface area (Å²) in [5.41, 5.74) is 0.404. The average Bonchev–Trinajstić information content (AvgIpc) is 2.43. The number of urea groups is 1. The highest BCUT2D eigenvalue weighted by atomic mass is 16.5. The number of carboxylic acid groups (broad SMARTS) is 1. The molecule has 0 spiro atoms. The van der Waals surface area contributed by atoms with E-state index in [1.807, 2.05) is 19.0 Å². The number of carbonyl (C=O) groups excluding carboxylic acids is 1. The summed E-state index contributed by atoms with van der Waals surface area (Å²) in [7, 11) is 5.38. The summed E-state index contributed by atoms with van der Waals surface area (Å²) < 4.78 is 5.10. The van der Waals surface area contributed by atoms with E-state index in [1.165, 1.54) is 25.3 Å². The molecule has 1 aromatic carbocycles. The molecule has 0 unspecified atom stereocenters. The second-order valence-electron chi connectivity index (χ2n) is 4.76. The Balaban J connectivity index is 2.61. The number of rotatable bonds is 7. The van der Waals surface area contributed by atoms with Gasteiger partial charge in [-0.05, 0) is 45.3 Å². The maximum Gasteiger partial charge on any atom is 0.335 e. The first kappa shape index (κ1) is 16.8. The Morgan fingerprint density at radius 2 is 2.05 bits per heavy atom. The monoisotopic (exact) mass is 295 g/mol. The number of carboxylic acids is 1. The molecule has 0 radical (unpaired) electrons. The third-order valence-corrected chi connectivity index (χ3v) is 2.76. The van der Waals surface area contributed by atoms with Crippen molar-refractivity contribution in [2.45, 2.75) is 6.42 Å². The van der Waals surface area contributed by atoms with E-state index in [0.717, 1.165) is 13.0 Å². The Morgan fingerprint density at radius 1 is 1.33 bits per heavy atom. The van der Waals surface area contributed by atoms with Crippen LogP contribution in [-0.2, 0) is 0 Å². The molecule has 0 atom stereocenters. The van der Waals surface area contributed by atoms with Gasteiger partial charge < -0.3 is 25.4 Å². The van der Waals surface area contributed by atoms with E-state index in [9.17, 15) is 9.59 Å². The quantitative estimate of drug-likeness (QED) is 0.663. The molecule has 21 heavy (non-hydrogen) atoms. The number of benzene rings is 1. The molecule has 0 fully saturated rings. The maximum atomic E-state index is 11.8. The molecule has 0 aliphatic heterocycles. The van der Waals surface area contributed by atoms with Gasteiger partial charge in [-0.25, -0.2) is 9.59 Å². The fourth-order valence-corrected chi connectivity index (χ4v) is 1.70. The van der Waals surface area contributed by atoms with Crippen molar-refractivity contribution in [3.63, 3.8) is 0 Å². The van der Waals surface area contributed by atoms with Crippen LogP contribution in [-0.4, -0.2) is 56.3 Å². The minimum Gasteiger partial charge on any atom is -0.495 e. The van der Waals surface area contributed by atoms with Gasteiger partial charge in [0, 0.05) is 6.54 Å². The number of amides is 2. The lowest BCUT2D eigenvalue weighted by molar-refractivity contribution is 0.0697. The zero-order valence-electron chi connectivity index (χ0n) is 12.5. The van der Waals surface area contributed by atoms with Gasteiger partial charge in [-0.2, -0.15) is 0 Å². The number of methoxy groups -OCH3 is 1. The van der Waals surface area contributed by atoms with Crippen molar-refractivity contribution in [1.82, 2.24) is 10.2 Å². The second-order valence-corrected chi connectivity index (χ2v) is 4.76. The molecule has 0 saturated heterocycles. The van der Waals surface area contributed by atoms with Crippen LogP contribution in [0.25, 0.3) is 0 Å². The Kier molecular flexibility index (Phi) is 6.48. The lowest BCUT2D eigenvalue weighted by Gasteiger charge is -2.13. The number of nitrogens with zero attached hydrogens (tertiary/aromatic N) is 1. The fraction of sp³-hybridized carbons (Fsp3) is 0.429. The first-order valence-electron chi connectivity index (χ1n) is 6.55. The highest BCUT2D eigenvalue weighted by molar-refractivity contribution is 5.94. The Hall–Kier alpha value is -2.28. The molecular formula is C14H21N3O4. The lowest BCUT2D eigenvalue weighted by Crippen LogP contribution is -2.31. The number of ether oxygens (including phenoxy) is 1. The van der Waals surface area contributed by atoms with Gasteiger partial charge in [-0.15, -0.1) is 0 Å². The number of hydrogen-bond donors (Lipinski definition) is 3. The van der Waals surface area contributed by atoms with E-state index in [4.69, 9.17) is 9.84 Å². The Bertz CT molecular complexity index is 503. The highest BCUT2D eigenvalue weighted by Gasteiger charge is 2.11. The normalized spacial score (nSPS) is 10.3. The van der Waals surface area contributed by atoms with Gasteiger partial charge in [-0.3, -0.25) is 0 Å². The molecule has 3 N–H and O–H groups in total. The van der Waals surface area contributed by atoms with Crippen molar-refractivity contribution in [3.05, 3.63) is 23.8 Å². The Morgan fingerprint density at radius 3 is 2.62 bits per heavy atom. The maximum absolute atomic E-state index is 11.8. The van der Waals surface area contributed by atoms with Crippen LogP contribution in [0.5, 0.6) is 5.75 Å². The number of hydrogen-bond acceptors (Lipinski definition) is 4. The summed E-state index contributed by atoms with van der Waals surface area (Å²) in [5.74, 6) is -0.657. The SMILES string of the molecule is COc1ccc(C(=O)O)cc1NC(=O)NCCCN(C)C. The van der Waals surface area contributed by atoms with E-state index in [-0.39, 0.29) is 5.56 Å². The summed E-state index contributed by atoms with van der Waals surface area (Å²) >= 11 is 0. The number of carbonyl (C=O) groups is 2. The molecule has 0 saturated carbocycles. The zero-order chi connectivity index (χ0) is 15.8. The highest BCUT2D eigenvalue weighted by Crippen LogP contribution is 2.25. The lowest BCUT2D eigenvalue weighted by atomic mass is 10.2. The molecule has 0 aliphatic carbocycles. The predicted molar refractivity (Wildman–Crippen MR) is 80.1 cm³/mol. The van der Waals surface area contributed by atoms with Crippen LogP contribution >= 0.6 is 0 Å². The van der Waals surface area contributed by atoms with Crippen LogP contribution < -0.4 is 15.4 Å². The van der Waals surface area contributed by atoms with E-state index in [2.05, 4.69) is 10.6 Å². The predicted octanol–water partition coefficient (Wildman–Crippen LogP) is 1.47. The van der Waals surface area contributed by atoms with Gasteiger partial charge in [-0.1, -0.05) is 0 Å². The van der Waals surface area contributed by atoms with Crippen LogP contribution in [0.1, 0.15) is 16.8 Å². The Labute approximate surface area is 123 Å². The van der Waals surface area contributed by atoms with E-state index >= 15 is 0 Å². The summed E-state index contributed by atoms with van der Waals surface area (Å²) in [6.07, 6.45) is 0.826. The van der Waals surface area contributed by atoms with E-state index in [1.54, 1.807) is 0 Å². The zero-order valence-corrected chi connectivity index (χ0v) is 12.5. The molecule has 1 rings (SSSR count). The molecule has 0 aromatic heterocycles. The summed E-state index contributed by atoms with van der Waals surface area (Å²) in [4.78, 5) is 24.7. The minimum atomic E-state index is -1.06. The fourth-order valence-electron chi connectivity index (χ4n) is 1.70. The molecule has 0 heterocycles. The van der Waals surface area contributed by atoms with Crippen LogP contribution in [0, 0.1) is 0 Å². The summed E-state index contributed by atoms with van der Waals surface area (Å²) in [6.45, 7) is 1.41. The summed E-state index contributed by atoms with van der Waals surface area (Å²) in [5, 5.41) is 14.3. The molecule has 116 valence electrons. The minimum absolute atomic E-state index is 0.0821. The van der Waals surface area contributed by atoms with Gasteiger partial charge in [0.15, 0.2) is 0 Å².